The third-order valence-electron chi connectivity index (χ3n) is 3.55. The summed E-state index contributed by atoms with van der Waals surface area (Å²) in [7, 11) is 0. The molecule has 0 bridgehead atoms. The van der Waals surface area contributed by atoms with Gasteiger partial charge in [0.05, 0.1) is 6.54 Å². The topological polar surface area (TPSA) is 129 Å². The Bertz CT molecular complexity index is 1080. The van der Waals surface area contributed by atoms with Gasteiger partial charge in [0.15, 0.2) is 17.3 Å². The first kappa shape index (κ1) is 14.1. The quantitative estimate of drug-likeness (QED) is 0.577. The normalized spacial score (nSPS) is 11.2. The summed E-state index contributed by atoms with van der Waals surface area (Å²) in [5.41, 5.74) is 7.38. The molecule has 0 spiro atoms. The number of imidazole rings is 1. The molecule has 4 aromatic rings. The lowest BCUT2D eigenvalue weighted by Gasteiger charge is -2.04. The fraction of sp³-hybridized carbons (Fsp3) is 0.133. The molecule has 0 aliphatic heterocycles. The third kappa shape index (κ3) is 2.32. The molecule has 24 heavy (non-hydrogen) atoms. The van der Waals surface area contributed by atoms with Crippen LogP contribution >= 0.6 is 0 Å². The van der Waals surface area contributed by atoms with Gasteiger partial charge in [-0.2, -0.15) is 4.98 Å². The van der Waals surface area contributed by atoms with Crippen LogP contribution in [0.3, 0.4) is 0 Å². The number of aromatic amines is 1. The zero-order valence-corrected chi connectivity index (χ0v) is 12.7. The molecule has 0 radical (unpaired) electrons. The number of fused-ring (bicyclic) bond motifs is 1. The molecule has 0 aliphatic rings. The van der Waals surface area contributed by atoms with Crippen LogP contribution in [0.4, 0.5) is 5.82 Å². The van der Waals surface area contributed by atoms with E-state index in [1.807, 2.05) is 30.3 Å². The lowest BCUT2D eigenvalue weighted by Crippen LogP contribution is -2.17. The second kappa shape index (κ2) is 5.30. The highest BCUT2D eigenvalue weighted by Gasteiger charge is 2.17. The Morgan fingerprint density at radius 2 is 2.00 bits per heavy atom. The van der Waals surface area contributed by atoms with Gasteiger partial charge in [-0.25, -0.2) is 14.8 Å². The maximum atomic E-state index is 12.3. The molecule has 9 heteroatoms. The van der Waals surface area contributed by atoms with Crippen LogP contribution < -0.4 is 11.4 Å². The molecular formula is C15H13N7O2. The lowest BCUT2D eigenvalue weighted by molar-refractivity contribution is 0.423. The Labute approximate surface area is 135 Å². The molecule has 3 N–H and O–H groups in total. The zero-order chi connectivity index (χ0) is 16.7. The molecule has 3 aromatic heterocycles. The molecule has 0 unspecified atom stereocenters. The summed E-state index contributed by atoms with van der Waals surface area (Å²) in [6.45, 7) is 2.05. The van der Waals surface area contributed by atoms with Crippen LogP contribution in [-0.2, 0) is 6.54 Å². The van der Waals surface area contributed by atoms with Crippen LogP contribution in [0.2, 0.25) is 0 Å². The molecule has 0 fully saturated rings. The minimum absolute atomic E-state index is 0.148. The van der Waals surface area contributed by atoms with Crippen LogP contribution in [-0.4, -0.2) is 29.7 Å². The zero-order valence-electron chi connectivity index (χ0n) is 12.7. The SMILES string of the molecule is Cc1noc(-c2nc(N)c3[nH]c(=O)n(Cc4ccccc4)c3n2)n1. The van der Waals surface area contributed by atoms with Gasteiger partial charge in [0.1, 0.15) is 5.52 Å². The Morgan fingerprint density at radius 1 is 1.21 bits per heavy atom. The van der Waals surface area contributed by atoms with E-state index in [-0.39, 0.29) is 23.2 Å². The molecule has 0 saturated heterocycles. The molecule has 120 valence electrons. The maximum Gasteiger partial charge on any atom is 0.328 e. The summed E-state index contributed by atoms with van der Waals surface area (Å²) in [5, 5.41) is 3.71. The molecule has 4 rings (SSSR count). The van der Waals surface area contributed by atoms with Gasteiger partial charge in [0.25, 0.3) is 5.89 Å². The van der Waals surface area contributed by atoms with Crippen molar-refractivity contribution in [1.82, 2.24) is 29.7 Å². The predicted molar refractivity (Wildman–Crippen MR) is 86.1 cm³/mol. The first-order chi connectivity index (χ1) is 11.6. The fourth-order valence-electron chi connectivity index (χ4n) is 2.45. The minimum Gasteiger partial charge on any atom is -0.382 e. The number of nitrogens with two attached hydrogens (primary N) is 1. The number of benzene rings is 1. The number of anilines is 1. The number of nitrogens with one attached hydrogen (secondary N) is 1. The Kier molecular flexibility index (Phi) is 3.12. The summed E-state index contributed by atoms with van der Waals surface area (Å²) < 4.78 is 6.58. The maximum absolute atomic E-state index is 12.3. The Balaban J connectivity index is 1.89. The molecule has 0 aliphatic carbocycles. The molecule has 9 nitrogen and oxygen atoms in total. The lowest BCUT2D eigenvalue weighted by atomic mass is 10.2. The van der Waals surface area contributed by atoms with Crippen LogP contribution in [0.5, 0.6) is 0 Å². The van der Waals surface area contributed by atoms with Crippen LogP contribution in [0.15, 0.2) is 39.6 Å². The monoisotopic (exact) mass is 323 g/mol. The van der Waals surface area contributed by atoms with Crippen molar-refractivity contribution in [3.63, 3.8) is 0 Å². The van der Waals surface area contributed by atoms with Crippen LogP contribution in [0.1, 0.15) is 11.4 Å². The van der Waals surface area contributed by atoms with E-state index in [0.717, 1.165) is 5.56 Å². The number of aryl methyl sites for hydroxylation is 1. The highest BCUT2D eigenvalue weighted by molar-refractivity contribution is 5.83. The van der Waals surface area contributed by atoms with Crippen LogP contribution in [0, 0.1) is 6.92 Å². The van der Waals surface area contributed by atoms with Crippen molar-refractivity contribution in [1.29, 1.82) is 0 Å². The first-order valence-electron chi connectivity index (χ1n) is 7.22. The van der Waals surface area contributed by atoms with Crippen molar-refractivity contribution in [3.05, 3.63) is 52.2 Å². The van der Waals surface area contributed by atoms with Crippen molar-refractivity contribution in [2.75, 3.05) is 5.73 Å². The second-order valence-electron chi connectivity index (χ2n) is 5.28. The fourth-order valence-corrected chi connectivity index (χ4v) is 2.45. The van der Waals surface area contributed by atoms with E-state index in [4.69, 9.17) is 10.3 Å². The Morgan fingerprint density at radius 3 is 2.71 bits per heavy atom. The van der Waals surface area contributed by atoms with Gasteiger partial charge < -0.3 is 15.2 Å². The van der Waals surface area contributed by atoms with E-state index in [0.29, 0.717) is 23.5 Å². The van der Waals surface area contributed by atoms with Gasteiger partial charge in [-0.05, 0) is 12.5 Å². The summed E-state index contributed by atoms with van der Waals surface area (Å²) in [6.07, 6.45) is 0. The van der Waals surface area contributed by atoms with E-state index in [9.17, 15) is 4.79 Å². The molecule has 0 amide bonds. The molecule has 0 saturated carbocycles. The van der Waals surface area contributed by atoms with E-state index >= 15 is 0 Å². The summed E-state index contributed by atoms with van der Waals surface area (Å²) in [5.74, 6) is 0.945. The highest BCUT2D eigenvalue weighted by Crippen LogP contribution is 2.20. The average Bonchev–Trinajstić information content (AvgIpc) is 3.14. The van der Waals surface area contributed by atoms with E-state index in [1.54, 1.807) is 6.92 Å². The number of nitrogen functional groups attached to an aromatic ring is 1. The van der Waals surface area contributed by atoms with E-state index in [2.05, 4.69) is 25.1 Å². The van der Waals surface area contributed by atoms with Gasteiger partial charge in [-0.15, -0.1) is 0 Å². The van der Waals surface area contributed by atoms with Crippen LogP contribution in [0.25, 0.3) is 22.9 Å². The third-order valence-corrected chi connectivity index (χ3v) is 3.55. The summed E-state index contributed by atoms with van der Waals surface area (Å²) >= 11 is 0. The van der Waals surface area contributed by atoms with E-state index in [1.165, 1.54) is 4.57 Å². The van der Waals surface area contributed by atoms with Gasteiger partial charge in [0.2, 0.25) is 5.82 Å². The van der Waals surface area contributed by atoms with Gasteiger partial charge in [-0.3, -0.25) is 4.57 Å². The van der Waals surface area contributed by atoms with Gasteiger partial charge in [0, 0.05) is 0 Å². The van der Waals surface area contributed by atoms with Crippen molar-refractivity contribution in [2.45, 2.75) is 13.5 Å². The molecule has 1 aromatic carbocycles. The predicted octanol–water partition coefficient (Wildman–Crippen LogP) is 1.11. The van der Waals surface area contributed by atoms with Crippen molar-refractivity contribution >= 4 is 17.0 Å². The van der Waals surface area contributed by atoms with Crippen molar-refractivity contribution < 1.29 is 4.52 Å². The Hall–Kier alpha value is -3.49. The number of aromatic nitrogens is 6. The second-order valence-corrected chi connectivity index (χ2v) is 5.28. The number of rotatable bonds is 3. The average molecular weight is 323 g/mol. The van der Waals surface area contributed by atoms with Crippen molar-refractivity contribution in [3.8, 4) is 11.7 Å². The van der Waals surface area contributed by atoms with Crippen molar-refractivity contribution in [2.24, 2.45) is 0 Å². The van der Waals surface area contributed by atoms with Gasteiger partial charge >= 0.3 is 5.69 Å². The number of hydrogen-bond donors (Lipinski definition) is 2. The number of nitrogens with zero attached hydrogens (tertiary/aromatic N) is 5. The standard InChI is InChI=1S/C15H13N7O2/c1-8-17-14(24-21-8)12-19-11(16)10-13(20-12)22(15(23)18-10)7-9-5-3-2-4-6-9/h2-6H,7H2,1H3,(H,18,23)(H2,16,19,20). The number of hydrogen-bond acceptors (Lipinski definition) is 7. The molecular weight excluding hydrogens is 310 g/mol. The number of H-pyrrole nitrogens is 1. The van der Waals surface area contributed by atoms with Gasteiger partial charge in [-0.1, -0.05) is 35.5 Å². The van der Waals surface area contributed by atoms with E-state index < -0.39 is 0 Å². The minimum atomic E-state index is -0.311. The first-order valence-corrected chi connectivity index (χ1v) is 7.22. The molecule has 3 heterocycles. The smallest absolute Gasteiger partial charge is 0.328 e. The highest BCUT2D eigenvalue weighted by atomic mass is 16.5. The largest absolute Gasteiger partial charge is 0.382 e. The summed E-state index contributed by atoms with van der Waals surface area (Å²) in [4.78, 5) is 27.6. The summed E-state index contributed by atoms with van der Waals surface area (Å²) in [6, 6.07) is 9.59. The molecule has 0 atom stereocenters.